The van der Waals surface area contributed by atoms with Crippen LogP contribution in [0.1, 0.15) is 22.2 Å². The smallest absolute Gasteiger partial charge is 0.267 e. The standard InChI is InChI=1S/C17H13N3O3S/c1-2-22-13-6-5-11(9-18)8-12(13)20-16(21)15-10-19-17(24-15)14-4-3-7-23-14/h3-8,10H,2H2,1H3,(H,20,21). The summed E-state index contributed by atoms with van der Waals surface area (Å²) >= 11 is 1.22. The first kappa shape index (κ1) is 15.8. The second-order valence-electron chi connectivity index (χ2n) is 4.72. The van der Waals surface area contributed by atoms with Crippen molar-refractivity contribution in [3.8, 4) is 22.6 Å². The molecule has 0 fully saturated rings. The van der Waals surface area contributed by atoms with Crippen molar-refractivity contribution in [1.29, 1.82) is 5.26 Å². The molecule has 0 bridgehead atoms. The van der Waals surface area contributed by atoms with E-state index in [9.17, 15) is 4.79 Å². The minimum atomic E-state index is -0.318. The van der Waals surface area contributed by atoms with Gasteiger partial charge in [0.1, 0.15) is 10.6 Å². The lowest BCUT2D eigenvalue weighted by atomic mass is 10.2. The molecule has 1 N–H and O–H groups in total. The molecular weight excluding hydrogens is 326 g/mol. The molecule has 24 heavy (non-hydrogen) atoms. The van der Waals surface area contributed by atoms with Gasteiger partial charge >= 0.3 is 0 Å². The average Bonchev–Trinajstić information content (AvgIpc) is 3.27. The van der Waals surface area contributed by atoms with E-state index in [1.165, 1.54) is 17.5 Å². The number of aromatic nitrogens is 1. The van der Waals surface area contributed by atoms with E-state index < -0.39 is 0 Å². The number of anilines is 1. The molecule has 0 spiro atoms. The van der Waals surface area contributed by atoms with Crippen LogP contribution in [0, 0.1) is 11.3 Å². The minimum Gasteiger partial charge on any atom is -0.492 e. The van der Waals surface area contributed by atoms with Crippen molar-refractivity contribution < 1.29 is 13.9 Å². The number of furan rings is 1. The minimum absolute atomic E-state index is 0.318. The summed E-state index contributed by atoms with van der Waals surface area (Å²) in [5, 5.41) is 12.4. The second kappa shape index (κ2) is 6.98. The van der Waals surface area contributed by atoms with Crippen LogP contribution < -0.4 is 10.1 Å². The number of nitriles is 1. The van der Waals surface area contributed by atoms with Crippen molar-refractivity contribution in [1.82, 2.24) is 4.98 Å². The first-order valence-electron chi connectivity index (χ1n) is 7.19. The van der Waals surface area contributed by atoms with Crippen molar-refractivity contribution >= 4 is 22.9 Å². The van der Waals surface area contributed by atoms with E-state index in [4.69, 9.17) is 14.4 Å². The van der Waals surface area contributed by atoms with E-state index in [-0.39, 0.29) is 5.91 Å². The number of nitrogens with one attached hydrogen (secondary N) is 1. The Balaban J connectivity index is 1.83. The molecule has 3 aromatic rings. The number of ether oxygens (including phenoxy) is 1. The Morgan fingerprint density at radius 2 is 2.33 bits per heavy atom. The van der Waals surface area contributed by atoms with Crippen LogP contribution in [0.4, 0.5) is 5.69 Å². The van der Waals surface area contributed by atoms with Gasteiger partial charge in [-0.3, -0.25) is 4.79 Å². The molecule has 0 atom stereocenters. The highest BCUT2D eigenvalue weighted by Crippen LogP contribution is 2.29. The zero-order valence-corrected chi connectivity index (χ0v) is 13.6. The fourth-order valence-corrected chi connectivity index (χ4v) is 2.84. The maximum absolute atomic E-state index is 12.4. The number of rotatable bonds is 5. The first-order chi connectivity index (χ1) is 11.7. The molecule has 0 aliphatic carbocycles. The number of carbonyl (C=O) groups is 1. The van der Waals surface area contributed by atoms with Crippen molar-refractivity contribution in [3.05, 3.63) is 53.2 Å². The number of hydrogen-bond donors (Lipinski definition) is 1. The van der Waals surface area contributed by atoms with Crippen molar-refractivity contribution in [2.24, 2.45) is 0 Å². The van der Waals surface area contributed by atoms with E-state index >= 15 is 0 Å². The molecule has 1 aromatic carbocycles. The molecule has 0 saturated carbocycles. The molecule has 7 heteroatoms. The summed E-state index contributed by atoms with van der Waals surface area (Å²) in [6.45, 7) is 2.31. The second-order valence-corrected chi connectivity index (χ2v) is 5.75. The van der Waals surface area contributed by atoms with Gasteiger partial charge in [0.05, 0.1) is 36.4 Å². The van der Waals surface area contributed by atoms with E-state index in [2.05, 4.69) is 10.3 Å². The molecule has 6 nitrogen and oxygen atoms in total. The molecule has 0 unspecified atom stereocenters. The van der Waals surface area contributed by atoms with Crippen LogP contribution in [0.3, 0.4) is 0 Å². The van der Waals surface area contributed by atoms with E-state index in [0.717, 1.165) is 0 Å². The number of benzene rings is 1. The number of nitrogens with zero attached hydrogens (tertiary/aromatic N) is 2. The van der Waals surface area contributed by atoms with Crippen LogP contribution in [-0.2, 0) is 0 Å². The van der Waals surface area contributed by atoms with Gasteiger partial charge in [-0.1, -0.05) is 0 Å². The van der Waals surface area contributed by atoms with E-state index in [0.29, 0.717) is 39.3 Å². The fourth-order valence-electron chi connectivity index (χ4n) is 2.06. The number of hydrogen-bond acceptors (Lipinski definition) is 6. The highest BCUT2D eigenvalue weighted by molar-refractivity contribution is 7.17. The van der Waals surface area contributed by atoms with Crippen LogP contribution in [0.5, 0.6) is 5.75 Å². The molecule has 2 heterocycles. The summed E-state index contributed by atoms with van der Waals surface area (Å²) < 4.78 is 10.8. The van der Waals surface area contributed by atoms with Gasteiger partial charge in [0.25, 0.3) is 5.91 Å². The molecule has 0 radical (unpaired) electrons. The molecule has 0 aliphatic rings. The quantitative estimate of drug-likeness (QED) is 0.761. The van der Waals surface area contributed by atoms with Gasteiger partial charge in [0, 0.05) is 0 Å². The van der Waals surface area contributed by atoms with Gasteiger partial charge in [-0.05, 0) is 37.3 Å². The number of amides is 1. The molecule has 0 aliphatic heterocycles. The average molecular weight is 339 g/mol. The largest absolute Gasteiger partial charge is 0.492 e. The van der Waals surface area contributed by atoms with E-state index in [1.54, 1.807) is 36.6 Å². The summed E-state index contributed by atoms with van der Waals surface area (Å²) in [7, 11) is 0. The third-order valence-electron chi connectivity index (χ3n) is 3.12. The van der Waals surface area contributed by atoms with Gasteiger partial charge in [-0.15, -0.1) is 11.3 Å². The number of thiazole rings is 1. The predicted octanol–water partition coefficient (Wildman–Crippen LogP) is 3.93. The topological polar surface area (TPSA) is 88.1 Å². The van der Waals surface area contributed by atoms with Gasteiger partial charge in [0.2, 0.25) is 0 Å². The van der Waals surface area contributed by atoms with Crippen LogP contribution in [-0.4, -0.2) is 17.5 Å². The lowest BCUT2D eigenvalue weighted by molar-refractivity contribution is 0.103. The lowest BCUT2D eigenvalue weighted by Crippen LogP contribution is -2.11. The van der Waals surface area contributed by atoms with Gasteiger partial charge in [0.15, 0.2) is 10.8 Å². The molecular formula is C17H13N3O3S. The van der Waals surface area contributed by atoms with Crippen LogP contribution in [0.2, 0.25) is 0 Å². The van der Waals surface area contributed by atoms with Gasteiger partial charge in [-0.2, -0.15) is 5.26 Å². The normalized spacial score (nSPS) is 10.2. The molecule has 120 valence electrons. The highest BCUT2D eigenvalue weighted by Gasteiger charge is 2.15. The fraction of sp³-hybridized carbons (Fsp3) is 0.118. The third kappa shape index (κ3) is 3.29. The SMILES string of the molecule is CCOc1ccc(C#N)cc1NC(=O)c1cnc(-c2ccco2)s1. The summed E-state index contributed by atoms with van der Waals surface area (Å²) in [5.74, 6) is 0.808. The Morgan fingerprint density at radius 1 is 1.46 bits per heavy atom. The highest BCUT2D eigenvalue weighted by atomic mass is 32.1. The lowest BCUT2D eigenvalue weighted by Gasteiger charge is -2.11. The number of carbonyl (C=O) groups excluding carboxylic acids is 1. The zero-order chi connectivity index (χ0) is 16.9. The van der Waals surface area contributed by atoms with Crippen molar-refractivity contribution in [3.63, 3.8) is 0 Å². The van der Waals surface area contributed by atoms with Crippen molar-refractivity contribution in [2.75, 3.05) is 11.9 Å². The summed E-state index contributed by atoms with van der Waals surface area (Å²) in [5.41, 5.74) is 0.892. The molecule has 2 aromatic heterocycles. The molecule has 0 saturated heterocycles. The molecule has 1 amide bonds. The Kier molecular flexibility index (Phi) is 4.59. The van der Waals surface area contributed by atoms with E-state index in [1.807, 2.05) is 13.0 Å². The maximum atomic E-state index is 12.4. The van der Waals surface area contributed by atoms with Crippen LogP contribution in [0.15, 0.2) is 47.2 Å². The third-order valence-corrected chi connectivity index (χ3v) is 4.13. The Bertz CT molecular complexity index is 894. The Labute approximate surface area is 142 Å². The molecule has 3 rings (SSSR count). The summed E-state index contributed by atoms with van der Waals surface area (Å²) in [6.07, 6.45) is 3.05. The van der Waals surface area contributed by atoms with Crippen LogP contribution in [0.25, 0.3) is 10.8 Å². The first-order valence-corrected chi connectivity index (χ1v) is 8.01. The predicted molar refractivity (Wildman–Crippen MR) is 90.1 cm³/mol. The van der Waals surface area contributed by atoms with Gasteiger partial charge < -0.3 is 14.5 Å². The Hall–Kier alpha value is -3.11. The zero-order valence-electron chi connectivity index (χ0n) is 12.8. The van der Waals surface area contributed by atoms with Gasteiger partial charge in [-0.25, -0.2) is 4.98 Å². The maximum Gasteiger partial charge on any atom is 0.267 e. The Morgan fingerprint density at radius 3 is 3.04 bits per heavy atom. The summed E-state index contributed by atoms with van der Waals surface area (Å²) in [4.78, 5) is 17.1. The monoisotopic (exact) mass is 339 g/mol. The van der Waals surface area contributed by atoms with Crippen molar-refractivity contribution in [2.45, 2.75) is 6.92 Å². The summed E-state index contributed by atoms with van der Waals surface area (Å²) in [6, 6.07) is 10.5. The van der Waals surface area contributed by atoms with Crippen LogP contribution >= 0.6 is 11.3 Å².